The van der Waals surface area contributed by atoms with Crippen LogP contribution in [0.5, 0.6) is 0 Å². The minimum Gasteiger partial charge on any atom is -0.356 e. The third-order valence-corrected chi connectivity index (χ3v) is 5.22. The van der Waals surface area contributed by atoms with Crippen LogP contribution in [0.3, 0.4) is 0 Å². The van der Waals surface area contributed by atoms with E-state index in [0.29, 0.717) is 11.6 Å². The summed E-state index contributed by atoms with van der Waals surface area (Å²) in [5.74, 6) is 2.27. The number of fused-ring (bicyclic) bond motifs is 1. The molecule has 1 fully saturated rings. The maximum absolute atomic E-state index is 14.0. The molecule has 1 aliphatic rings. The van der Waals surface area contributed by atoms with Gasteiger partial charge in [0.05, 0.1) is 0 Å². The van der Waals surface area contributed by atoms with E-state index in [4.69, 9.17) is 0 Å². The van der Waals surface area contributed by atoms with E-state index in [-0.39, 0.29) is 5.82 Å². The Hall–Kier alpha value is -2.83. The number of nitrogens with zero attached hydrogens (tertiary/aromatic N) is 6. The summed E-state index contributed by atoms with van der Waals surface area (Å²) in [7, 11) is 2.03. The maximum Gasteiger partial charge on any atom is 0.149 e. The van der Waals surface area contributed by atoms with Crippen molar-refractivity contribution in [2.45, 2.75) is 32.7 Å². The van der Waals surface area contributed by atoms with Crippen molar-refractivity contribution in [3.8, 4) is 0 Å². The number of benzene rings is 1. The Balaban J connectivity index is 1.52. The molecule has 140 valence electrons. The van der Waals surface area contributed by atoms with Crippen molar-refractivity contribution in [3.05, 3.63) is 47.9 Å². The van der Waals surface area contributed by atoms with Gasteiger partial charge in [0.2, 0.25) is 0 Å². The summed E-state index contributed by atoms with van der Waals surface area (Å²) in [5.41, 5.74) is 1.37. The van der Waals surface area contributed by atoms with Crippen molar-refractivity contribution < 1.29 is 4.39 Å². The standard InChI is InChI=1S/C20H23FN6/c1-13-11-18(25-14(2)24-13)27-9-7-15(8-10-27)26(3)20-16-5-4-6-17(21)19(16)22-12-23-20/h4-6,11-12,15H,7-10H2,1-3H3. The van der Waals surface area contributed by atoms with E-state index >= 15 is 0 Å². The predicted molar refractivity (Wildman–Crippen MR) is 105 cm³/mol. The Kier molecular flexibility index (Phi) is 4.59. The van der Waals surface area contributed by atoms with Crippen LogP contribution in [0.4, 0.5) is 16.0 Å². The summed E-state index contributed by atoms with van der Waals surface area (Å²) in [4.78, 5) is 21.9. The van der Waals surface area contributed by atoms with Crippen molar-refractivity contribution >= 4 is 22.5 Å². The molecule has 2 aromatic heterocycles. The second-order valence-corrected chi connectivity index (χ2v) is 7.08. The molecule has 0 bridgehead atoms. The van der Waals surface area contributed by atoms with Gasteiger partial charge in [0.25, 0.3) is 0 Å². The lowest BCUT2D eigenvalue weighted by molar-refractivity contribution is 0.478. The molecule has 3 heterocycles. The van der Waals surface area contributed by atoms with Gasteiger partial charge in [0.1, 0.15) is 35.1 Å². The van der Waals surface area contributed by atoms with Crippen LogP contribution >= 0.6 is 0 Å². The van der Waals surface area contributed by atoms with Crippen LogP contribution in [0, 0.1) is 19.7 Å². The van der Waals surface area contributed by atoms with Gasteiger partial charge in [-0.25, -0.2) is 24.3 Å². The van der Waals surface area contributed by atoms with Gasteiger partial charge in [-0.2, -0.15) is 0 Å². The molecule has 0 radical (unpaired) electrons. The van der Waals surface area contributed by atoms with Crippen molar-refractivity contribution in [2.75, 3.05) is 29.9 Å². The highest BCUT2D eigenvalue weighted by molar-refractivity contribution is 5.89. The molecule has 27 heavy (non-hydrogen) atoms. The minimum absolute atomic E-state index is 0.311. The van der Waals surface area contributed by atoms with Crippen LogP contribution in [-0.4, -0.2) is 46.1 Å². The van der Waals surface area contributed by atoms with Crippen LogP contribution in [0.25, 0.3) is 10.9 Å². The van der Waals surface area contributed by atoms with E-state index in [2.05, 4.69) is 29.7 Å². The lowest BCUT2D eigenvalue weighted by atomic mass is 10.0. The zero-order valence-corrected chi connectivity index (χ0v) is 15.9. The monoisotopic (exact) mass is 366 g/mol. The molecule has 7 heteroatoms. The average Bonchev–Trinajstić information content (AvgIpc) is 2.67. The number of para-hydroxylation sites is 1. The smallest absolute Gasteiger partial charge is 0.149 e. The Bertz CT molecular complexity index is 948. The fraction of sp³-hybridized carbons (Fsp3) is 0.400. The molecule has 4 rings (SSSR count). The van der Waals surface area contributed by atoms with Crippen molar-refractivity contribution in [1.29, 1.82) is 0 Å². The Morgan fingerprint density at radius 2 is 1.89 bits per heavy atom. The first-order valence-corrected chi connectivity index (χ1v) is 9.22. The number of halogens is 1. The third kappa shape index (κ3) is 3.41. The van der Waals surface area contributed by atoms with Gasteiger partial charge in [-0.15, -0.1) is 0 Å². The predicted octanol–water partition coefficient (Wildman–Crippen LogP) is 3.28. The van der Waals surface area contributed by atoms with E-state index in [9.17, 15) is 4.39 Å². The summed E-state index contributed by atoms with van der Waals surface area (Å²) >= 11 is 0. The molecule has 0 amide bonds. The number of aryl methyl sites for hydroxylation is 2. The van der Waals surface area contributed by atoms with Crippen molar-refractivity contribution in [3.63, 3.8) is 0 Å². The molecule has 0 N–H and O–H groups in total. The third-order valence-electron chi connectivity index (χ3n) is 5.22. The number of hydrogen-bond acceptors (Lipinski definition) is 6. The van der Waals surface area contributed by atoms with Gasteiger partial charge >= 0.3 is 0 Å². The first kappa shape index (κ1) is 17.6. The van der Waals surface area contributed by atoms with E-state index < -0.39 is 0 Å². The topological polar surface area (TPSA) is 58.0 Å². The summed E-state index contributed by atoms with van der Waals surface area (Å²) in [6.45, 7) is 5.76. The van der Waals surface area contributed by atoms with Gasteiger partial charge in [-0.1, -0.05) is 6.07 Å². The van der Waals surface area contributed by atoms with Crippen LogP contribution < -0.4 is 9.80 Å². The first-order chi connectivity index (χ1) is 13.0. The second kappa shape index (κ2) is 7.06. The van der Waals surface area contributed by atoms with Gasteiger partial charge in [-0.05, 0) is 38.8 Å². The normalized spacial score (nSPS) is 15.3. The molecular formula is C20H23FN6. The Labute approximate surface area is 158 Å². The van der Waals surface area contributed by atoms with Gasteiger partial charge in [0.15, 0.2) is 0 Å². The number of piperidine rings is 1. The lowest BCUT2D eigenvalue weighted by Gasteiger charge is -2.38. The SMILES string of the molecule is Cc1cc(N2CCC(N(C)c3ncnc4c(F)cccc34)CC2)nc(C)n1. The molecule has 3 aromatic rings. The minimum atomic E-state index is -0.311. The van der Waals surface area contributed by atoms with Crippen molar-refractivity contribution in [2.24, 2.45) is 0 Å². The summed E-state index contributed by atoms with van der Waals surface area (Å²) in [6, 6.07) is 7.40. The molecule has 0 saturated carbocycles. The molecule has 6 nitrogen and oxygen atoms in total. The first-order valence-electron chi connectivity index (χ1n) is 9.22. The molecule has 0 unspecified atom stereocenters. The highest BCUT2D eigenvalue weighted by atomic mass is 19.1. The zero-order valence-electron chi connectivity index (χ0n) is 15.9. The zero-order chi connectivity index (χ0) is 19.0. The highest BCUT2D eigenvalue weighted by Crippen LogP contribution is 2.28. The molecule has 1 aliphatic heterocycles. The largest absolute Gasteiger partial charge is 0.356 e. The van der Waals surface area contributed by atoms with E-state index in [1.165, 1.54) is 12.4 Å². The average molecular weight is 366 g/mol. The Morgan fingerprint density at radius 1 is 1.11 bits per heavy atom. The number of aromatic nitrogens is 4. The lowest BCUT2D eigenvalue weighted by Crippen LogP contribution is -2.44. The van der Waals surface area contributed by atoms with Crippen LogP contribution in [0.1, 0.15) is 24.4 Å². The number of anilines is 2. The summed E-state index contributed by atoms with van der Waals surface area (Å²) in [6.07, 6.45) is 3.41. The number of hydrogen-bond donors (Lipinski definition) is 0. The molecule has 1 saturated heterocycles. The van der Waals surface area contributed by atoms with Crippen LogP contribution in [-0.2, 0) is 0 Å². The molecule has 1 aromatic carbocycles. The van der Waals surface area contributed by atoms with Crippen LogP contribution in [0.2, 0.25) is 0 Å². The second-order valence-electron chi connectivity index (χ2n) is 7.08. The van der Waals surface area contributed by atoms with E-state index in [0.717, 1.165) is 54.5 Å². The quantitative estimate of drug-likeness (QED) is 0.709. The van der Waals surface area contributed by atoms with Crippen molar-refractivity contribution in [1.82, 2.24) is 19.9 Å². The van der Waals surface area contributed by atoms with Gasteiger partial charge in [0, 0.05) is 43.3 Å². The summed E-state index contributed by atoms with van der Waals surface area (Å²) < 4.78 is 14.0. The van der Waals surface area contributed by atoms with E-state index in [1.54, 1.807) is 6.07 Å². The maximum atomic E-state index is 14.0. The molecule has 0 aliphatic carbocycles. The fourth-order valence-electron chi connectivity index (χ4n) is 3.83. The van der Waals surface area contributed by atoms with Gasteiger partial charge in [-0.3, -0.25) is 0 Å². The van der Waals surface area contributed by atoms with E-state index in [1.807, 2.05) is 33.0 Å². The molecule has 0 spiro atoms. The summed E-state index contributed by atoms with van der Waals surface area (Å²) in [5, 5.41) is 0.754. The van der Waals surface area contributed by atoms with Gasteiger partial charge < -0.3 is 9.80 Å². The number of rotatable bonds is 3. The molecule has 0 atom stereocenters. The Morgan fingerprint density at radius 3 is 2.63 bits per heavy atom. The highest BCUT2D eigenvalue weighted by Gasteiger charge is 2.25. The molecular weight excluding hydrogens is 343 g/mol. The van der Waals surface area contributed by atoms with Crippen LogP contribution in [0.15, 0.2) is 30.6 Å². The fourth-order valence-corrected chi connectivity index (χ4v) is 3.83.